The summed E-state index contributed by atoms with van der Waals surface area (Å²) in [6.07, 6.45) is 0. The normalized spacial score (nSPS) is 8.86. The average Bonchev–Trinajstić information content (AvgIpc) is 1.61. The summed E-state index contributed by atoms with van der Waals surface area (Å²) >= 11 is 0. The Labute approximate surface area is 43.9 Å². The molecule has 1 radical (unpaired) electrons. The van der Waals surface area contributed by atoms with Crippen LogP contribution in [0.3, 0.4) is 0 Å². The van der Waals surface area contributed by atoms with Gasteiger partial charge in [0.05, 0.1) is 6.54 Å². The first kappa shape index (κ1) is 6.63. The van der Waals surface area contributed by atoms with E-state index < -0.39 is 0 Å². The van der Waals surface area contributed by atoms with Gasteiger partial charge in [0.25, 0.3) is 0 Å². The zero-order valence-electron chi connectivity index (χ0n) is 4.53. The first-order valence-electron chi connectivity index (χ1n) is 2.33. The molecule has 0 saturated heterocycles. The van der Waals surface area contributed by atoms with Gasteiger partial charge in [-0.05, 0) is 6.54 Å². The van der Waals surface area contributed by atoms with Crippen LogP contribution in [0.15, 0.2) is 0 Å². The summed E-state index contributed by atoms with van der Waals surface area (Å²) in [5.74, 6) is -0.0538. The maximum atomic E-state index is 10.0. The number of Topliss-reactive ketones (excluding diaryl/α,β-unsaturated/α-hetero) is 1. The fourth-order valence-electron chi connectivity index (χ4n) is 0.264. The summed E-state index contributed by atoms with van der Waals surface area (Å²) in [7, 11) is 0. The highest BCUT2D eigenvalue weighted by molar-refractivity contribution is 5.84. The molecule has 7 heavy (non-hydrogen) atoms. The Kier molecular flexibility index (Phi) is 3.61. The topological polar surface area (TPSA) is 29.1 Å². The molecule has 0 unspecified atom stereocenters. The Bertz CT molecular complexity index is 61.1. The van der Waals surface area contributed by atoms with Crippen LogP contribution in [0, 0.1) is 6.92 Å². The van der Waals surface area contributed by atoms with Crippen LogP contribution in [0.2, 0.25) is 0 Å². The van der Waals surface area contributed by atoms with Gasteiger partial charge in [-0.25, -0.2) is 0 Å². The lowest BCUT2D eigenvalue weighted by molar-refractivity contribution is -0.114. The van der Waals surface area contributed by atoms with Crippen LogP contribution < -0.4 is 5.32 Å². The molecular formula is C5H10NO. The van der Waals surface area contributed by atoms with Crippen LogP contribution in [0.25, 0.3) is 0 Å². The first-order chi connectivity index (χ1) is 3.27. The molecule has 0 rings (SSSR count). The lowest BCUT2D eigenvalue weighted by Gasteiger charge is -1.91. The minimum Gasteiger partial charge on any atom is -0.310 e. The summed E-state index contributed by atoms with van der Waals surface area (Å²) in [6.45, 7) is 6.36. The second kappa shape index (κ2) is 3.81. The lowest BCUT2D eigenvalue weighted by Crippen LogP contribution is -2.19. The Morgan fingerprint density at radius 2 is 2.43 bits per heavy atom. The van der Waals surface area contributed by atoms with Crippen molar-refractivity contribution < 1.29 is 4.79 Å². The molecule has 2 heteroatoms. The van der Waals surface area contributed by atoms with Crippen LogP contribution in [-0.2, 0) is 4.79 Å². The number of nitrogens with one attached hydrogen (secondary N) is 1. The first-order valence-corrected chi connectivity index (χ1v) is 2.33. The molecule has 0 spiro atoms. The van der Waals surface area contributed by atoms with Crippen LogP contribution in [0.5, 0.6) is 0 Å². The van der Waals surface area contributed by atoms with E-state index in [-0.39, 0.29) is 5.78 Å². The molecule has 0 aromatic heterocycles. The SMILES string of the molecule is [CH2]C(=O)CNCC. The van der Waals surface area contributed by atoms with E-state index in [0.717, 1.165) is 6.54 Å². The molecule has 41 valence electrons. The predicted molar refractivity (Wildman–Crippen MR) is 28.9 cm³/mol. The molecule has 1 N–H and O–H groups in total. The molecule has 2 nitrogen and oxygen atoms in total. The minimum atomic E-state index is -0.0538. The van der Waals surface area contributed by atoms with Crippen molar-refractivity contribution in [3.05, 3.63) is 6.92 Å². The van der Waals surface area contributed by atoms with Gasteiger partial charge in [0.15, 0.2) is 0 Å². The molecule has 0 saturated carbocycles. The summed E-state index contributed by atoms with van der Waals surface area (Å²) in [4.78, 5) is 10.0. The zero-order chi connectivity index (χ0) is 5.70. The highest BCUT2D eigenvalue weighted by Gasteiger charge is 1.85. The Morgan fingerprint density at radius 3 is 2.57 bits per heavy atom. The standard InChI is InChI=1S/C5H10NO/c1-3-6-4-5(2)7/h6H,2-4H2,1H3. The second-order valence-electron chi connectivity index (χ2n) is 1.32. The van der Waals surface area contributed by atoms with E-state index >= 15 is 0 Å². The predicted octanol–water partition coefficient (Wildman–Crippen LogP) is -0.000910. The Hall–Kier alpha value is -0.370. The number of hydrogen-bond donors (Lipinski definition) is 1. The summed E-state index contributed by atoms with van der Waals surface area (Å²) < 4.78 is 0. The molecule has 0 aromatic carbocycles. The smallest absolute Gasteiger partial charge is 0.147 e. The van der Waals surface area contributed by atoms with Gasteiger partial charge < -0.3 is 5.32 Å². The van der Waals surface area contributed by atoms with Crippen LogP contribution in [-0.4, -0.2) is 18.9 Å². The second-order valence-corrected chi connectivity index (χ2v) is 1.32. The van der Waals surface area contributed by atoms with Crippen LogP contribution in [0.1, 0.15) is 6.92 Å². The van der Waals surface area contributed by atoms with E-state index in [1.165, 1.54) is 0 Å². The lowest BCUT2D eigenvalue weighted by atomic mass is 10.4. The monoisotopic (exact) mass is 100 g/mol. The van der Waals surface area contributed by atoms with Crippen molar-refractivity contribution in [1.29, 1.82) is 0 Å². The molecular weight excluding hydrogens is 90.1 g/mol. The van der Waals surface area contributed by atoms with E-state index in [1.807, 2.05) is 6.92 Å². The minimum absolute atomic E-state index is 0.0538. The van der Waals surface area contributed by atoms with Gasteiger partial charge in [-0.1, -0.05) is 6.92 Å². The van der Waals surface area contributed by atoms with Gasteiger partial charge in [0, 0.05) is 6.92 Å². The van der Waals surface area contributed by atoms with Gasteiger partial charge in [-0.15, -0.1) is 0 Å². The molecule has 0 aromatic rings. The van der Waals surface area contributed by atoms with Crippen LogP contribution in [0.4, 0.5) is 0 Å². The number of carbonyl (C=O) groups excluding carboxylic acids is 1. The Morgan fingerprint density at radius 1 is 1.86 bits per heavy atom. The van der Waals surface area contributed by atoms with Gasteiger partial charge in [0.2, 0.25) is 0 Å². The number of hydrogen-bond acceptors (Lipinski definition) is 2. The third kappa shape index (κ3) is 5.63. The van der Waals surface area contributed by atoms with E-state index in [4.69, 9.17) is 0 Å². The Balaban J connectivity index is 2.82. The van der Waals surface area contributed by atoms with Crippen molar-refractivity contribution in [3.63, 3.8) is 0 Å². The third-order valence-electron chi connectivity index (χ3n) is 0.572. The maximum Gasteiger partial charge on any atom is 0.147 e. The summed E-state index contributed by atoms with van der Waals surface area (Å²) in [6, 6.07) is 0. The molecule has 0 aliphatic carbocycles. The number of carbonyl (C=O) groups is 1. The molecule has 0 aliphatic rings. The molecule has 0 bridgehead atoms. The highest BCUT2D eigenvalue weighted by atomic mass is 16.1. The van der Waals surface area contributed by atoms with Crippen molar-refractivity contribution in [2.45, 2.75) is 6.92 Å². The van der Waals surface area contributed by atoms with E-state index in [2.05, 4.69) is 12.2 Å². The molecule has 0 atom stereocenters. The van der Waals surface area contributed by atoms with Gasteiger partial charge in [0.1, 0.15) is 5.78 Å². The molecule has 0 amide bonds. The molecule has 0 heterocycles. The van der Waals surface area contributed by atoms with E-state index in [9.17, 15) is 4.79 Å². The van der Waals surface area contributed by atoms with Gasteiger partial charge >= 0.3 is 0 Å². The highest BCUT2D eigenvalue weighted by Crippen LogP contribution is 1.60. The quantitative estimate of drug-likeness (QED) is 0.541. The van der Waals surface area contributed by atoms with Crippen molar-refractivity contribution in [3.8, 4) is 0 Å². The summed E-state index contributed by atoms with van der Waals surface area (Å²) in [5.41, 5.74) is 0. The van der Waals surface area contributed by atoms with Crippen molar-refractivity contribution >= 4 is 5.78 Å². The fourth-order valence-corrected chi connectivity index (χ4v) is 0.264. The number of ketones is 1. The fraction of sp³-hybridized carbons (Fsp3) is 0.600. The average molecular weight is 100 g/mol. The van der Waals surface area contributed by atoms with E-state index in [1.54, 1.807) is 0 Å². The van der Waals surface area contributed by atoms with Crippen molar-refractivity contribution in [1.82, 2.24) is 5.32 Å². The summed E-state index contributed by atoms with van der Waals surface area (Å²) in [5, 5.41) is 2.84. The van der Waals surface area contributed by atoms with Gasteiger partial charge in [-0.3, -0.25) is 4.79 Å². The number of rotatable bonds is 3. The van der Waals surface area contributed by atoms with Gasteiger partial charge in [-0.2, -0.15) is 0 Å². The zero-order valence-corrected chi connectivity index (χ0v) is 4.53. The largest absolute Gasteiger partial charge is 0.310 e. The number of likely N-dealkylation sites (N-methyl/N-ethyl adjacent to an activating group) is 1. The maximum absolute atomic E-state index is 10.0. The van der Waals surface area contributed by atoms with Crippen molar-refractivity contribution in [2.75, 3.05) is 13.1 Å². The van der Waals surface area contributed by atoms with Crippen LogP contribution >= 0.6 is 0 Å². The van der Waals surface area contributed by atoms with E-state index in [0.29, 0.717) is 6.54 Å². The van der Waals surface area contributed by atoms with Crippen molar-refractivity contribution in [2.24, 2.45) is 0 Å². The third-order valence-corrected chi connectivity index (χ3v) is 0.572. The molecule has 0 fully saturated rings. The molecule has 0 aliphatic heterocycles.